The second kappa shape index (κ2) is 5.50. The lowest BCUT2D eigenvalue weighted by Crippen LogP contribution is -1.95. The Balaban J connectivity index is 2.31. The normalized spacial score (nSPS) is 10.2. The first-order chi connectivity index (χ1) is 8.56. The summed E-state index contributed by atoms with van der Waals surface area (Å²) in [6, 6.07) is 8.49. The predicted molar refractivity (Wildman–Crippen MR) is 73.5 cm³/mol. The molecular weight excluding hydrogens is 318 g/mol. The van der Waals surface area contributed by atoms with Gasteiger partial charge in [0.25, 0.3) is 0 Å². The number of benzene rings is 1. The van der Waals surface area contributed by atoms with Crippen molar-refractivity contribution in [3.8, 4) is 11.6 Å². The van der Waals surface area contributed by atoms with E-state index in [1.54, 1.807) is 24.3 Å². The Hall–Kier alpha value is -1.39. The Labute approximate surface area is 118 Å². The molecule has 0 aliphatic heterocycles. The summed E-state index contributed by atoms with van der Waals surface area (Å²) in [4.78, 5) is 15.3. The molecule has 1 aromatic heterocycles. The number of rotatable bonds is 3. The SMILES string of the molecule is CC(=O)c1ccnc(Oc2cc(Br)ccc2Cl)c1. The van der Waals surface area contributed by atoms with Crippen LogP contribution in [-0.4, -0.2) is 10.8 Å². The lowest BCUT2D eigenvalue weighted by atomic mass is 10.2. The number of nitrogens with zero attached hydrogens (tertiary/aromatic N) is 1. The van der Waals surface area contributed by atoms with Crippen molar-refractivity contribution in [1.29, 1.82) is 0 Å². The van der Waals surface area contributed by atoms with E-state index < -0.39 is 0 Å². The number of carbonyl (C=O) groups excluding carboxylic acids is 1. The molecule has 0 radical (unpaired) electrons. The van der Waals surface area contributed by atoms with Crippen molar-refractivity contribution in [2.24, 2.45) is 0 Å². The summed E-state index contributed by atoms with van der Waals surface area (Å²) in [7, 11) is 0. The van der Waals surface area contributed by atoms with Crippen LogP contribution in [0.5, 0.6) is 11.6 Å². The van der Waals surface area contributed by atoms with Gasteiger partial charge in [-0.25, -0.2) is 4.98 Å². The van der Waals surface area contributed by atoms with Crippen molar-refractivity contribution in [3.05, 3.63) is 51.6 Å². The van der Waals surface area contributed by atoms with E-state index >= 15 is 0 Å². The molecule has 0 spiro atoms. The van der Waals surface area contributed by atoms with Crippen molar-refractivity contribution in [1.82, 2.24) is 4.98 Å². The van der Waals surface area contributed by atoms with Gasteiger partial charge < -0.3 is 4.74 Å². The van der Waals surface area contributed by atoms with Gasteiger partial charge in [0.1, 0.15) is 5.75 Å². The van der Waals surface area contributed by atoms with Crippen LogP contribution in [-0.2, 0) is 0 Å². The Bertz CT molecular complexity index is 601. The molecule has 0 saturated heterocycles. The smallest absolute Gasteiger partial charge is 0.219 e. The van der Waals surface area contributed by atoms with Gasteiger partial charge in [0, 0.05) is 22.3 Å². The first-order valence-corrected chi connectivity index (χ1v) is 6.33. The quantitative estimate of drug-likeness (QED) is 0.780. The molecule has 0 aliphatic carbocycles. The minimum absolute atomic E-state index is 0.0393. The molecule has 0 N–H and O–H groups in total. The van der Waals surface area contributed by atoms with Gasteiger partial charge in [-0.1, -0.05) is 27.5 Å². The third-order valence-electron chi connectivity index (χ3n) is 2.25. The molecule has 18 heavy (non-hydrogen) atoms. The summed E-state index contributed by atoms with van der Waals surface area (Å²) < 4.78 is 6.41. The number of ether oxygens (including phenoxy) is 1. The number of carbonyl (C=O) groups is 1. The summed E-state index contributed by atoms with van der Waals surface area (Å²) in [5.74, 6) is 0.782. The zero-order valence-electron chi connectivity index (χ0n) is 9.48. The lowest BCUT2D eigenvalue weighted by Gasteiger charge is -2.07. The highest BCUT2D eigenvalue weighted by molar-refractivity contribution is 9.10. The largest absolute Gasteiger partial charge is 0.437 e. The minimum atomic E-state index is -0.0393. The lowest BCUT2D eigenvalue weighted by molar-refractivity contribution is 0.101. The van der Waals surface area contributed by atoms with Gasteiger partial charge in [-0.3, -0.25) is 4.79 Å². The van der Waals surface area contributed by atoms with Crippen molar-refractivity contribution in [2.45, 2.75) is 6.92 Å². The summed E-state index contributed by atoms with van der Waals surface area (Å²) in [5, 5.41) is 0.480. The molecular formula is C13H9BrClNO2. The fourth-order valence-corrected chi connectivity index (χ4v) is 1.85. The molecule has 0 saturated carbocycles. The standard InChI is InChI=1S/C13H9BrClNO2/c1-8(17)9-4-5-16-13(6-9)18-12-7-10(14)2-3-11(12)15/h2-7H,1H3. The van der Waals surface area contributed by atoms with Gasteiger partial charge in [-0.2, -0.15) is 0 Å². The topological polar surface area (TPSA) is 39.2 Å². The predicted octanol–water partition coefficient (Wildman–Crippen LogP) is 4.49. The van der Waals surface area contributed by atoms with Crippen LogP contribution in [0, 0.1) is 0 Å². The highest BCUT2D eigenvalue weighted by atomic mass is 79.9. The number of pyridine rings is 1. The van der Waals surface area contributed by atoms with Gasteiger partial charge >= 0.3 is 0 Å². The number of aromatic nitrogens is 1. The van der Waals surface area contributed by atoms with Gasteiger partial charge in [0.15, 0.2) is 5.78 Å². The molecule has 1 heterocycles. The highest BCUT2D eigenvalue weighted by Crippen LogP contribution is 2.31. The fraction of sp³-hybridized carbons (Fsp3) is 0.0769. The monoisotopic (exact) mass is 325 g/mol. The van der Waals surface area contributed by atoms with Crippen LogP contribution in [0.1, 0.15) is 17.3 Å². The average Bonchev–Trinajstić information content (AvgIpc) is 2.34. The van der Waals surface area contributed by atoms with Gasteiger partial charge in [-0.15, -0.1) is 0 Å². The fourth-order valence-electron chi connectivity index (χ4n) is 1.35. The maximum Gasteiger partial charge on any atom is 0.219 e. The maximum atomic E-state index is 11.3. The highest BCUT2D eigenvalue weighted by Gasteiger charge is 2.07. The van der Waals surface area contributed by atoms with E-state index in [0.717, 1.165) is 4.47 Å². The van der Waals surface area contributed by atoms with Crippen LogP contribution in [0.4, 0.5) is 0 Å². The van der Waals surface area contributed by atoms with E-state index in [0.29, 0.717) is 22.2 Å². The molecule has 5 heteroatoms. The van der Waals surface area contributed by atoms with E-state index in [2.05, 4.69) is 20.9 Å². The van der Waals surface area contributed by atoms with Crippen LogP contribution in [0.3, 0.4) is 0 Å². The van der Waals surface area contributed by atoms with Crippen LogP contribution >= 0.6 is 27.5 Å². The second-order valence-corrected chi connectivity index (χ2v) is 4.94. The molecule has 0 unspecified atom stereocenters. The number of hydrogen-bond donors (Lipinski definition) is 0. The van der Waals surface area contributed by atoms with Crippen LogP contribution in [0.15, 0.2) is 41.0 Å². The summed E-state index contributed by atoms with van der Waals surface area (Å²) in [6.45, 7) is 1.49. The number of halogens is 2. The van der Waals surface area contributed by atoms with Crippen LogP contribution < -0.4 is 4.74 Å². The Morgan fingerprint density at radius 2 is 2.11 bits per heavy atom. The number of hydrogen-bond acceptors (Lipinski definition) is 3. The summed E-state index contributed by atoms with van der Waals surface area (Å²) >= 11 is 9.34. The number of Topliss-reactive ketones (excluding diaryl/α,β-unsaturated/α-hetero) is 1. The van der Waals surface area contributed by atoms with E-state index in [1.807, 2.05) is 6.07 Å². The first kappa shape index (κ1) is 13.1. The Morgan fingerprint density at radius 3 is 2.83 bits per heavy atom. The molecule has 0 fully saturated rings. The molecule has 0 aliphatic rings. The van der Waals surface area contributed by atoms with Crippen molar-refractivity contribution < 1.29 is 9.53 Å². The molecule has 2 rings (SSSR count). The first-order valence-electron chi connectivity index (χ1n) is 5.16. The molecule has 0 bridgehead atoms. The molecule has 1 aromatic carbocycles. The van der Waals surface area contributed by atoms with Crippen molar-refractivity contribution >= 4 is 33.3 Å². The molecule has 3 nitrogen and oxygen atoms in total. The van der Waals surface area contributed by atoms with Crippen molar-refractivity contribution in [3.63, 3.8) is 0 Å². The van der Waals surface area contributed by atoms with Crippen LogP contribution in [0.25, 0.3) is 0 Å². The Morgan fingerprint density at radius 1 is 1.33 bits per heavy atom. The van der Waals surface area contributed by atoms with Crippen LogP contribution in [0.2, 0.25) is 5.02 Å². The third-order valence-corrected chi connectivity index (χ3v) is 3.05. The molecule has 92 valence electrons. The van der Waals surface area contributed by atoms with Gasteiger partial charge in [0.05, 0.1) is 5.02 Å². The molecule has 0 atom stereocenters. The minimum Gasteiger partial charge on any atom is -0.437 e. The van der Waals surface area contributed by atoms with Crippen molar-refractivity contribution in [2.75, 3.05) is 0 Å². The second-order valence-electron chi connectivity index (χ2n) is 3.62. The summed E-state index contributed by atoms with van der Waals surface area (Å²) in [6.07, 6.45) is 1.53. The average molecular weight is 327 g/mol. The van der Waals surface area contributed by atoms with Gasteiger partial charge in [0.2, 0.25) is 5.88 Å². The van der Waals surface area contributed by atoms with Gasteiger partial charge in [-0.05, 0) is 31.2 Å². The van der Waals surface area contributed by atoms with E-state index in [4.69, 9.17) is 16.3 Å². The molecule has 0 amide bonds. The third kappa shape index (κ3) is 3.09. The molecule has 2 aromatic rings. The van der Waals surface area contributed by atoms with E-state index in [-0.39, 0.29) is 5.78 Å². The van der Waals surface area contributed by atoms with E-state index in [1.165, 1.54) is 13.1 Å². The summed E-state index contributed by atoms with van der Waals surface area (Å²) in [5.41, 5.74) is 0.547. The number of ketones is 1. The Kier molecular flexibility index (Phi) is 3.99. The maximum absolute atomic E-state index is 11.3. The van der Waals surface area contributed by atoms with E-state index in [9.17, 15) is 4.79 Å². The zero-order valence-corrected chi connectivity index (χ0v) is 11.8. The zero-order chi connectivity index (χ0) is 13.1.